The summed E-state index contributed by atoms with van der Waals surface area (Å²) >= 11 is 13.9. The molecule has 0 saturated heterocycles. The Morgan fingerprint density at radius 3 is 1.82 bits per heavy atom. The van der Waals surface area contributed by atoms with E-state index in [0.29, 0.717) is 0 Å². The van der Waals surface area contributed by atoms with Crippen LogP contribution >= 0.6 is 40.1 Å². The molecular formula is C2Cl3F3NOP. The molecule has 0 heterocycles. The minimum atomic E-state index is -4.86. The van der Waals surface area contributed by atoms with Gasteiger partial charge in [0.05, 0.1) is 0 Å². The third kappa shape index (κ3) is 5.79. The predicted molar refractivity (Wildman–Crippen MR) is 38.7 cm³/mol. The highest BCUT2D eigenvalue weighted by atomic mass is 35.9. The number of alkyl halides is 3. The van der Waals surface area contributed by atoms with Crippen LogP contribution in [0.4, 0.5) is 13.2 Å². The molecule has 0 unspecified atom stereocenters. The molecule has 0 fully saturated rings. The van der Waals surface area contributed by atoms with E-state index in [4.69, 9.17) is 0 Å². The van der Waals surface area contributed by atoms with E-state index in [1.807, 2.05) is 0 Å². The van der Waals surface area contributed by atoms with Gasteiger partial charge in [-0.3, -0.25) is 4.57 Å². The van der Waals surface area contributed by atoms with Gasteiger partial charge in [0.2, 0.25) is 5.17 Å². The number of rotatable bonds is 1. The van der Waals surface area contributed by atoms with Crippen LogP contribution in [0.15, 0.2) is 4.76 Å². The molecule has 0 aliphatic carbocycles. The van der Waals surface area contributed by atoms with Gasteiger partial charge in [-0.2, -0.15) is 17.9 Å². The highest BCUT2D eigenvalue weighted by Gasteiger charge is 2.36. The van der Waals surface area contributed by atoms with Crippen LogP contribution in [0, 0.1) is 0 Å². The van der Waals surface area contributed by atoms with Gasteiger partial charge in [-0.15, -0.1) is 0 Å². The van der Waals surface area contributed by atoms with E-state index in [-0.39, 0.29) is 0 Å². The molecule has 9 heteroatoms. The van der Waals surface area contributed by atoms with Crippen molar-refractivity contribution in [1.29, 1.82) is 0 Å². The van der Waals surface area contributed by atoms with Crippen molar-refractivity contribution < 1.29 is 17.7 Å². The summed E-state index contributed by atoms with van der Waals surface area (Å²) in [5.74, 6) is -4.14. The summed E-state index contributed by atoms with van der Waals surface area (Å²) in [6, 6.07) is 0. The molecule has 0 rings (SSSR count). The van der Waals surface area contributed by atoms with Crippen molar-refractivity contribution in [1.82, 2.24) is 0 Å². The fourth-order valence-corrected chi connectivity index (χ4v) is 1.48. The predicted octanol–water partition coefficient (Wildman–Crippen LogP) is 3.77. The Kier molecular flexibility index (Phi) is 3.70. The summed E-state index contributed by atoms with van der Waals surface area (Å²) in [6.45, 7) is 0. The summed E-state index contributed by atoms with van der Waals surface area (Å²) in [6.07, 6.45) is -4.86. The molecule has 66 valence electrons. The highest BCUT2D eigenvalue weighted by Crippen LogP contribution is 2.59. The fourth-order valence-electron chi connectivity index (χ4n) is 0.159. The molecule has 0 amide bonds. The van der Waals surface area contributed by atoms with Gasteiger partial charge in [0.25, 0.3) is 0 Å². The third-order valence-corrected chi connectivity index (χ3v) is 1.74. The van der Waals surface area contributed by atoms with Gasteiger partial charge in [-0.1, -0.05) is 11.6 Å². The highest BCUT2D eigenvalue weighted by molar-refractivity contribution is 8.07. The van der Waals surface area contributed by atoms with Crippen molar-refractivity contribution in [3.63, 3.8) is 0 Å². The zero-order chi connectivity index (χ0) is 9.28. The van der Waals surface area contributed by atoms with Crippen LogP contribution in [0.5, 0.6) is 0 Å². The first kappa shape index (κ1) is 11.6. The SMILES string of the molecule is O=P(Cl)(Cl)/N=C(\Cl)C(F)(F)F. The lowest BCUT2D eigenvalue weighted by Gasteiger charge is -2.02. The molecule has 0 N–H and O–H groups in total. The molecule has 0 bridgehead atoms. The van der Waals surface area contributed by atoms with Crippen LogP contribution in [-0.2, 0) is 4.57 Å². The van der Waals surface area contributed by atoms with Crippen molar-refractivity contribution in [3.8, 4) is 0 Å². The Hall–Kier alpha value is 0.560. The van der Waals surface area contributed by atoms with Crippen molar-refractivity contribution in [2.24, 2.45) is 4.76 Å². The van der Waals surface area contributed by atoms with Crippen LogP contribution in [0.3, 0.4) is 0 Å². The molecule has 0 aromatic heterocycles. The van der Waals surface area contributed by atoms with Gasteiger partial charge in [-0.25, -0.2) is 0 Å². The molecule has 0 saturated carbocycles. The van der Waals surface area contributed by atoms with E-state index in [0.717, 1.165) is 0 Å². The van der Waals surface area contributed by atoms with Crippen molar-refractivity contribution in [2.45, 2.75) is 6.18 Å². The van der Waals surface area contributed by atoms with E-state index in [1.165, 1.54) is 0 Å². The maximum atomic E-state index is 11.5. The van der Waals surface area contributed by atoms with Gasteiger partial charge in [0.1, 0.15) is 0 Å². The summed E-state index contributed by atoms with van der Waals surface area (Å²) < 4.78 is 47.0. The molecule has 0 aliphatic rings. The largest absolute Gasteiger partial charge is 0.444 e. The Morgan fingerprint density at radius 1 is 1.36 bits per heavy atom. The molecule has 0 spiro atoms. The zero-order valence-electron chi connectivity index (χ0n) is 4.57. The standard InChI is InChI=1S/C2Cl3F3NOP/c3-1(2(6,7)8)9-11(4,5)10/b9-1-. The minimum absolute atomic E-state index is 1.83. The van der Waals surface area contributed by atoms with Gasteiger partial charge in [-0.05, 0) is 22.5 Å². The Bertz CT molecular complexity index is 219. The van der Waals surface area contributed by atoms with Crippen LogP contribution in [-0.4, -0.2) is 11.3 Å². The summed E-state index contributed by atoms with van der Waals surface area (Å²) in [5, 5.41) is -1.83. The topological polar surface area (TPSA) is 29.4 Å². The molecule has 0 aromatic carbocycles. The van der Waals surface area contributed by atoms with Crippen molar-refractivity contribution >= 4 is 45.3 Å². The average Bonchev–Trinajstić information content (AvgIpc) is 1.56. The minimum Gasteiger partial charge on any atom is -0.262 e. The number of hydrogen-bond donors (Lipinski definition) is 0. The lowest BCUT2D eigenvalue weighted by molar-refractivity contribution is -0.0557. The van der Waals surface area contributed by atoms with Gasteiger partial charge >= 0.3 is 12.2 Å². The third-order valence-electron chi connectivity index (χ3n) is 0.438. The zero-order valence-corrected chi connectivity index (χ0v) is 7.73. The van der Waals surface area contributed by atoms with Crippen LogP contribution < -0.4 is 0 Å². The average molecular weight is 248 g/mol. The van der Waals surface area contributed by atoms with Crippen molar-refractivity contribution in [3.05, 3.63) is 0 Å². The van der Waals surface area contributed by atoms with Gasteiger partial charge in [0.15, 0.2) is 0 Å². The smallest absolute Gasteiger partial charge is 0.262 e. The quantitative estimate of drug-likeness (QED) is 0.513. The summed E-state index contributed by atoms with van der Waals surface area (Å²) in [5.41, 5.74) is 0. The lowest BCUT2D eigenvalue weighted by atomic mass is 10.7. The number of hydrogen-bond acceptors (Lipinski definition) is 1. The molecule has 0 radical (unpaired) electrons. The van der Waals surface area contributed by atoms with Gasteiger partial charge < -0.3 is 0 Å². The van der Waals surface area contributed by atoms with E-state index in [2.05, 4.69) is 38.8 Å². The molecule has 0 aromatic rings. The molecule has 11 heavy (non-hydrogen) atoms. The van der Waals surface area contributed by atoms with Crippen LogP contribution in [0.1, 0.15) is 0 Å². The Labute approximate surface area is 74.3 Å². The molecular weight excluding hydrogens is 248 g/mol. The van der Waals surface area contributed by atoms with E-state index >= 15 is 0 Å². The van der Waals surface area contributed by atoms with Gasteiger partial charge in [0, 0.05) is 0 Å². The first-order chi connectivity index (χ1) is 4.63. The Balaban J connectivity index is 4.63. The first-order valence-electron chi connectivity index (χ1n) is 1.95. The van der Waals surface area contributed by atoms with Crippen LogP contribution in [0.25, 0.3) is 0 Å². The maximum Gasteiger partial charge on any atom is 0.444 e. The Morgan fingerprint density at radius 2 is 1.73 bits per heavy atom. The summed E-state index contributed by atoms with van der Waals surface area (Å²) in [7, 11) is 0. The maximum absolute atomic E-state index is 11.5. The fraction of sp³-hybridized carbons (Fsp3) is 0.500. The van der Waals surface area contributed by atoms with Crippen molar-refractivity contribution in [2.75, 3.05) is 0 Å². The number of halogens is 6. The first-order valence-corrected chi connectivity index (χ1v) is 5.80. The van der Waals surface area contributed by atoms with E-state index in [9.17, 15) is 17.7 Å². The van der Waals surface area contributed by atoms with E-state index in [1.54, 1.807) is 0 Å². The second-order valence-electron chi connectivity index (χ2n) is 1.32. The second kappa shape index (κ2) is 3.52. The molecule has 0 atom stereocenters. The van der Waals surface area contributed by atoms with Crippen LogP contribution in [0.2, 0.25) is 0 Å². The normalized spacial score (nSPS) is 15.3. The molecule has 2 nitrogen and oxygen atoms in total. The lowest BCUT2D eigenvalue weighted by Crippen LogP contribution is -2.16. The number of nitrogens with zero attached hydrogens (tertiary/aromatic N) is 1. The molecule has 0 aliphatic heterocycles. The second-order valence-corrected chi connectivity index (χ2v) is 6.02. The monoisotopic (exact) mass is 247 g/mol. The van der Waals surface area contributed by atoms with E-state index < -0.39 is 17.3 Å². The summed E-state index contributed by atoms with van der Waals surface area (Å²) in [4.78, 5) is 0.